The van der Waals surface area contributed by atoms with Crippen molar-refractivity contribution in [1.29, 1.82) is 0 Å². The summed E-state index contributed by atoms with van der Waals surface area (Å²) in [5.41, 5.74) is 2.67. The number of amides is 1. The van der Waals surface area contributed by atoms with Crippen molar-refractivity contribution in [3.63, 3.8) is 0 Å². The van der Waals surface area contributed by atoms with Gasteiger partial charge in [0.15, 0.2) is 5.76 Å². The van der Waals surface area contributed by atoms with E-state index in [9.17, 15) is 9.90 Å². The first-order valence-corrected chi connectivity index (χ1v) is 10.1. The van der Waals surface area contributed by atoms with Gasteiger partial charge in [0.05, 0.1) is 6.54 Å². The smallest absolute Gasteiger partial charge is 0.209 e. The third kappa shape index (κ3) is 3.51. The molecule has 0 spiro atoms. The van der Waals surface area contributed by atoms with Crippen LogP contribution in [-0.2, 0) is 11.3 Å². The largest absolute Gasteiger partial charge is 0.385 e. The Morgan fingerprint density at radius 2 is 2.07 bits per heavy atom. The highest BCUT2D eigenvalue weighted by molar-refractivity contribution is 5.59. The maximum Gasteiger partial charge on any atom is 0.209 e. The molecule has 1 saturated heterocycles. The lowest BCUT2D eigenvalue weighted by atomic mass is 10.1. The Morgan fingerprint density at radius 1 is 1.30 bits per heavy atom. The van der Waals surface area contributed by atoms with Crippen molar-refractivity contribution in [3.8, 4) is 23.2 Å². The van der Waals surface area contributed by atoms with Crippen LogP contribution in [0, 0.1) is 29.6 Å². The molecule has 0 unspecified atom stereocenters. The Bertz CT molecular complexity index is 1110. The van der Waals surface area contributed by atoms with Gasteiger partial charge >= 0.3 is 0 Å². The fraction of sp³-hybridized carbons (Fsp3) is 0.348. The predicted octanol–water partition coefficient (Wildman–Crippen LogP) is 2.33. The standard InChI is InChI=1S/C23H22N4O3/c1-15(29)23-24-8-9-27(23)11-18-10-22(30-25-18)17-5-2-16(3-6-17)4-7-19-20-12-26(14-28)13-21(19)20/h2-3,5-6,8-10,14-15,19-21,29H,11-13H2,1H3/t15-,19-,20+,21-/m0/s1. The van der Waals surface area contributed by atoms with Crippen molar-refractivity contribution < 1.29 is 14.4 Å². The average Bonchev–Trinajstić information content (AvgIpc) is 3.25. The van der Waals surface area contributed by atoms with Crippen LogP contribution in [0.1, 0.15) is 30.1 Å². The lowest BCUT2D eigenvalue weighted by Gasteiger charge is -2.10. The van der Waals surface area contributed by atoms with Crippen molar-refractivity contribution in [2.75, 3.05) is 13.1 Å². The van der Waals surface area contributed by atoms with E-state index in [1.807, 2.05) is 46.0 Å². The van der Waals surface area contributed by atoms with Gasteiger partial charge in [-0.2, -0.15) is 0 Å². The molecule has 1 aromatic carbocycles. The fourth-order valence-electron chi connectivity index (χ4n) is 4.26. The highest BCUT2D eigenvalue weighted by atomic mass is 16.5. The van der Waals surface area contributed by atoms with Crippen LogP contribution in [0.5, 0.6) is 0 Å². The number of likely N-dealkylation sites (tertiary alicyclic amines) is 1. The molecular weight excluding hydrogens is 380 g/mol. The van der Waals surface area contributed by atoms with Gasteiger partial charge in [-0.15, -0.1) is 0 Å². The van der Waals surface area contributed by atoms with Gasteiger partial charge in [-0.1, -0.05) is 17.0 Å². The molecule has 0 bridgehead atoms. The van der Waals surface area contributed by atoms with Crippen molar-refractivity contribution in [3.05, 3.63) is 59.8 Å². The number of carbonyl (C=O) groups is 1. The molecule has 3 aromatic rings. The number of piperidine rings is 1. The van der Waals surface area contributed by atoms with Crippen LogP contribution in [0.3, 0.4) is 0 Å². The molecule has 4 atom stereocenters. The normalized spacial score (nSPS) is 22.9. The number of hydrogen-bond donors (Lipinski definition) is 1. The van der Waals surface area contributed by atoms with Gasteiger partial charge in [0.1, 0.15) is 17.6 Å². The predicted molar refractivity (Wildman–Crippen MR) is 109 cm³/mol. The van der Waals surface area contributed by atoms with E-state index in [1.165, 1.54) is 0 Å². The summed E-state index contributed by atoms with van der Waals surface area (Å²) in [6.45, 7) is 3.86. The first-order valence-electron chi connectivity index (χ1n) is 10.1. The molecule has 2 aliphatic rings. The number of rotatable bonds is 5. The topological polar surface area (TPSA) is 84.4 Å². The average molecular weight is 402 g/mol. The van der Waals surface area contributed by atoms with Crippen LogP contribution in [-0.4, -0.2) is 44.2 Å². The molecule has 3 heterocycles. The zero-order valence-corrected chi connectivity index (χ0v) is 16.6. The van der Waals surface area contributed by atoms with Crippen LogP contribution in [0.4, 0.5) is 0 Å². The van der Waals surface area contributed by atoms with Crippen LogP contribution >= 0.6 is 0 Å². The molecule has 2 aromatic heterocycles. The van der Waals surface area contributed by atoms with E-state index in [0.29, 0.717) is 35.9 Å². The first-order chi connectivity index (χ1) is 14.6. The van der Waals surface area contributed by atoms with Crippen molar-refractivity contribution >= 4 is 6.41 Å². The number of benzene rings is 1. The summed E-state index contributed by atoms with van der Waals surface area (Å²) in [7, 11) is 0. The molecule has 1 amide bonds. The maximum absolute atomic E-state index is 10.8. The van der Waals surface area contributed by atoms with E-state index < -0.39 is 6.10 Å². The van der Waals surface area contributed by atoms with Crippen LogP contribution in [0.15, 0.2) is 47.2 Å². The molecule has 0 radical (unpaired) electrons. The molecule has 1 N–H and O–H groups in total. The van der Waals surface area contributed by atoms with Crippen molar-refractivity contribution in [2.24, 2.45) is 17.8 Å². The molecule has 152 valence electrons. The Kier molecular flexibility index (Phi) is 4.64. The number of aliphatic hydroxyl groups excluding tert-OH is 1. The Labute approximate surface area is 174 Å². The summed E-state index contributed by atoms with van der Waals surface area (Å²) in [6, 6.07) is 9.84. The van der Waals surface area contributed by atoms with Gasteiger partial charge in [0.2, 0.25) is 6.41 Å². The number of nitrogens with zero attached hydrogens (tertiary/aromatic N) is 4. The summed E-state index contributed by atoms with van der Waals surface area (Å²) >= 11 is 0. The Balaban J connectivity index is 1.23. The second-order valence-corrected chi connectivity index (χ2v) is 8.03. The summed E-state index contributed by atoms with van der Waals surface area (Å²) in [6.07, 6.45) is 3.77. The third-order valence-electron chi connectivity index (χ3n) is 5.94. The number of hydrogen-bond acceptors (Lipinski definition) is 5. The second kappa shape index (κ2) is 7.47. The minimum absolute atomic E-state index is 0.424. The lowest BCUT2D eigenvalue weighted by Crippen LogP contribution is -2.22. The highest BCUT2D eigenvalue weighted by Gasteiger charge is 2.54. The van der Waals surface area contributed by atoms with E-state index in [-0.39, 0.29) is 0 Å². The quantitative estimate of drug-likeness (QED) is 0.523. The monoisotopic (exact) mass is 402 g/mol. The number of imidazole rings is 1. The molecule has 1 saturated carbocycles. The van der Waals surface area contributed by atoms with Gasteiger partial charge in [-0.3, -0.25) is 4.79 Å². The first kappa shape index (κ1) is 18.6. The number of aromatic nitrogens is 3. The molecule has 7 heteroatoms. The van der Waals surface area contributed by atoms with E-state index in [4.69, 9.17) is 4.52 Å². The van der Waals surface area contributed by atoms with Gasteiger partial charge < -0.3 is 19.1 Å². The van der Waals surface area contributed by atoms with E-state index in [0.717, 1.165) is 36.3 Å². The number of aliphatic hydroxyl groups is 1. The number of carbonyl (C=O) groups excluding carboxylic acids is 1. The molecular formula is C23H22N4O3. The van der Waals surface area contributed by atoms with Gasteiger partial charge in [-0.25, -0.2) is 4.98 Å². The summed E-state index contributed by atoms with van der Waals surface area (Å²) in [4.78, 5) is 16.8. The minimum atomic E-state index is -0.640. The molecule has 30 heavy (non-hydrogen) atoms. The van der Waals surface area contributed by atoms with E-state index in [2.05, 4.69) is 22.0 Å². The van der Waals surface area contributed by atoms with E-state index >= 15 is 0 Å². The van der Waals surface area contributed by atoms with Crippen LogP contribution in [0.2, 0.25) is 0 Å². The molecule has 5 rings (SSSR count). The second-order valence-electron chi connectivity index (χ2n) is 8.03. The Morgan fingerprint density at radius 3 is 2.77 bits per heavy atom. The lowest BCUT2D eigenvalue weighted by molar-refractivity contribution is -0.117. The SMILES string of the molecule is C[C@H](O)c1nccn1Cc1cc(-c2ccc(C#C[C@H]3[C@H]4CN(C=O)C[C@@H]34)cc2)on1. The fourth-order valence-corrected chi connectivity index (χ4v) is 4.26. The number of fused-ring (bicyclic) bond motifs is 1. The molecule has 1 aliphatic carbocycles. The third-order valence-corrected chi connectivity index (χ3v) is 5.94. The summed E-state index contributed by atoms with van der Waals surface area (Å²) in [5, 5.41) is 13.9. The summed E-state index contributed by atoms with van der Waals surface area (Å²) in [5.74, 6) is 9.45. The van der Waals surface area contributed by atoms with E-state index in [1.54, 1.807) is 13.1 Å². The zero-order valence-electron chi connectivity index (χ0n) is 16.6. The maximum atomic E-state index is 10.8. The van der Waals surface area contributed by atoms with Crippen LogP contribution < -0.4 is 0 Å². The minimum Gasteiger partial charge on any atom is -0.385 e. The van der Waals surface area contributed by atoms with Crippen molar-refractivity contribution in [2.45, 2.75) is 19.6 Å². The molecule has 1 aliphatic heterocycles. The van der Waals surface area contributed by atoms with Gasteiger partial charge in [-0.05, 0) is 43.0 Å². The molecule has 2 fully saturated rings. The van der Waals surface area contributed by atoms with Gasteiger partial charge in [0.25, 0.3) is 0 Å². The zero-order chi connectivity index (χ0) is 20.7. The van der Waals surface area contributed by atoms with Gasteiger partial charge in [0, 0.05) is 48.6 Å². The van der Waals surface area contributed by atoms with Crippen LogP contribution in [0.25, 0.3) is 11.3 Å². The highest BCUT2D eigenvalue weighted by Crippen LogP contribution is 2.50. The Hall–Kier alpha value is -3.37. The molecule has 7 nitrogen and oxygen atoms in total. The summed E-state index contributed by atoms with van der Waals surface area (Å²) < 4.78 is 7.36. The van der Waals surface area contributed by atoms with Crippen molar-refractivity contribution in [1.82, 2.24) is 19.6 Å².